The van der Waals surface area contributed by atoms with Crippen molar-refractivity contribution in [3.05, 3.63) is 26.7 Å². The van der Waals surface area contributed by atoms with Crippen molar-refractivity contribution in [2.45, 2.75) is 44.6 Å². The fourth-order valence-corrected chi connectivity index (χ4v) is 2.97. The van der Waals surface area contributed by atoms with Crippen LogP contribution >= 0.6 is 0 Å². The molecule has 0 bridgehead atoms. The van der Waals surface area contributed by atoms with Gasteiger partial charge in [0.25, 0.3) is 5.56 Å². The van der Waals surface area contributed by atoms with Crippen molar-refractivity contribution in [3.8, 4) is 0 Å². The Balaban J connectivity index is 2.17. The van der Waals surface area contributed by atoms with E-state index in [4.69, 9.17) is 5.11 Å². The number of nitrogens with zero attached hydrogens (tertiary/aromatic N) is 2. The predicted molar refractivity (Wildman–Crippen MR) is 74.4 cm³/mol. The Hall–Kier alpha value is -2.38. The molecule has 1 saturated carbocycles. The molecule has 0 spiro atoms. The SMILES string of the molecule is O=C(O)Cc1nc2c([nH]1)c(=O)[nH]c(=O)n2C1CCCCC1. The van der Waals surface area contributed by atoms with Gasteiger partial charge < -0.3 is 10.1 Å². The highest BCUT2D eigenvalue weighted by molar-refractivity contribution is 5.73. The maximum Gasteiger partial charge on any atom is 0.330 e. The molecule has 1 fully saturated rings. The molecular formula is C13H16N4O4. The maximum absolute atomic E-state index is 12.1. The van der Waals surface area contributed by atoms with Crippen LogP contribution in [0.4, 0.5) is 0 Å². The number of aliphatic carboxylic acids is 1. The minimum atomic E-state index is -1.04. The van der Waals surface area contributed by atoms with Crippen molar-refractivity contribution in [3.63, 3.8) is 0 Å². The Bertz CT molecular complexity index is 795. The van der Waals surface area contributed by atoms with Crippen LogP contribution in [0.2, 0.25) is 0 Å². The average molecular weight is 292 g/mol. The van der Waals surface area contributed by atoms with Gasteiger partial charge in [-0.25, -0.2) is 9.78 Å². The minimum Gasteiger partial charge on any atom is -0.481 e. The van der Waals surface area contributed by atoms with E-state index < -0.39 is 17.2 Å². The molecule has 2 aromatic heterocycles. The quantitative estimate of drug-likeness (QED) is 0.762. The largest absolute Gasteiger partial charge is 0.481 e. The van der Waals surface area contributed by atoms with Gasteiger partial charge in [0.15, 0.2) is 5.65 Å². The summed E-state index contributed by atoms with van der Waals surface area (Å²) >= 11 is 0. The smallest absolute Gasteiger partial charge is 0.330 e. The molecule has 1 aliphatic rings. The van der Waals surface area contributed by atoms with Gasteiger partial charge >= 0.3 is 11.7 Å². The Morgan fingerprint density at radius 3 is 2.62 bits per heavy atom. The Labute approximate surface area is 118 Å². The van der Waals surface area contributed by atoms with Crippen LogP contribution in [0, 0.1) is 0 Å². The lowest BCUT2D eigenvalue weighted by atomic mass is 9.95. The van der Waals surface area contributed by atoms with E-state index in [1.807, 2.05) is 0 Å². The molecule has 0 saturated heterocycles. The number of carboxylic acid groups (broad SMARTS) is 1. The van der Waals surface area contributed by atoms with E-state index in [1.54, 1.807) is 0 Å². The van der Waals surface area contributed by atoms with Gasteiger partial charge in [-0.05, 0) is 12.8 Å². The van der Waals surface area contributed by atoms with Crippen LogP contribution in [-0.2, 0) is 11.2 Å². The molecule has 1 aliphatic carbocycles. The van der Waals surface area contributed by atoms with Crippen LogP contribution in [0.1, 0.15) is 44.0 Å². The average Bonchev–Trinajstić information content (AvgIpc) is 2.83. The lowest BCUT2D eigenvalue weighted by Gasteiger charge is -2.23. The van der Waals surface area contributed by atoms with Crippen molar-refractivity contribution < 1.29 is 9.90 Å². The van der Waals surface area contributed by atoms with Crippen molar-refractivity contribution >= 4 is 17.1 Å². The van der Waals surface area contributed by atoms with Gasteiger partial charge in [-0.3, -0.25) is 19.1 Å². The molecule has 0 aromatic carbocycles. The highest BCUT2D eigenvalue weighted by Gasteiger charge is 2.22. The zero-order valence-corrected chi connectivity index (χ0v) is 11.4. The summed E-state index contributed by atoms with van der Waals surface area (Å²) in [7, 11) is 0. The number of hydrogen-bond donors (Lipinski definition) is 3. The second-order valence-electron chi connectivity index (χ2n) is 5.37. The molecule has 3 rings (SSSR count). The lowest BCUT2D eigenvalue weighted by molar-refractivity contribution is -0.136. The van der Waals surface area contributed by atoms with E-state index in [0.29, 0.717) is 0 Å². The number of nitrogens with one attached hydrogen (secondary N) is 2. The molecule has 2 aromatic rings. The number of rotatable bonds is 3. The first-order valence-corrected chi connectivity index (χ1v) is 7.01. The minimum absolute atomic E-state index is 0.00609. The number of aromatic amines is 2. The normalized spacial score (nSPS) is 16.4. The van der Waals surface area contributed by atoms with Gasteiger partial charge in [-0.2, -0.15) is 0 Å². The topological polar surface area (TPSA) is 121 Å². The fourth-order valence-electron chi connectivity index (χ4n) is 2.97. The summed E-state index contributed by atoms with van der Waals surface area (Å²) in [5.74, 6) is -0.866. The third-order valence-electron chi connectivity index (χ3n) is 3.89. The molecule has 8 heteroatoms. The molecule has 0 aliphatic heterocycles. The van der Waals surface area contributed by atoms with E-state index in [1.165, 1.54) is 4.57 Å². The molecule has 0 amide bonds. The molecule has 0 unspecified atom stereocenters. The Kier molecular flexibility index (Phi) is 3.36. The number of hydrogen-bond acceptors (Lipinski definition) is 4. The summed E-state index contributed by atoms with van der Waals surface area (Å²) < 4.78 is 1.50. The van der Waals surface area contributed by atoms with Gasteiger partial charge in [-0.15, -0.1) is 0 Å². The first kappa shape index (κ1) is 13.6. The van der Waals surface area contributed by atoms with Gasteiger partial charge in [0, 0.05) is 6.04 Å². The predicted octanol–water partition coefficient (Wildman–Crippen LogP) is 0.545. The molecule has 3 N–H and O–H groups in total. The highest BCUT2D eigenvalue weighted by Crippen LogP contribution is 2.28. The summed E-state index contributed by atoms with van der Waals surface area (Å²) in [5.41, 5.74) is -0.623. The molecule has 0 atom stereocenters. The number of H-pyrrole nitrogens is 2. The highest BCUT2D eigenvalue weighted by atomic mass is 16.4. The van der Waals surface area contributed by atoms with Crippen LogP contribution in [0.15, 0.2) is 9.59 Å². The third-order valence-corrected chi connectivity index (χ3v) is 3.89. The van der Waals surface area contributed by atoms with E-state index >= 15 is 0 Å². The maximum atomic E-state index is 12.1. The lowest BCUT2D eigenvalue weighted by Crippen LogP contribution is -2.33. The fraction of sp³-hybridized carbons (Fsp3) is 0.538. The van der Waals surface area contributed by atoms with E-state index in [9.17, 15) is 14.4 Å². The molecule has 21 heavy (non-hydrogen) atoms. The van der Waals surface area contributed by atoms with Crippen LogP contribution < -0.4 is 11.2 Å². The first-order chi connectivity index (χ1) is 10.1. The Morgan fingerprint density at radius 1 is 1.24 bits per heavy atom. The monoisotopic (exact) mass is 292 g/mol. The van der Waals surface area contributed by atoms with Crippen molar-refractivity contribution in [2.75, 3.05) is 0 Å². The van der Waals surface area contributed by atoms with Crippen molar-refractivity contribution in [1.82, 2.24) is 19.5 Å². The van der Waals surface area contributed by atoms with Crippen LogP contribution in [0.5, 0.6) is 0 Å². The zero-order chi connectivity index (χ0) is 15.0. The number of imidazole rings is 1. The summed E-state index contributed by atoms with van der Waals surface area (Å²) in [6, 6.07) is 0.00609. The van der Waals surface area contributed by atoms with Gasteiger partial charge in [0.1, 0.15) is 17.8 Å². The number of carbonyl (C=O) groups is 1. The summed E-state index contributed by atoms with van der Waals surface area (Å²) in [5, 5.41) is 8.82. The second-order valence-corrected chi connectivity index (χ2v) is 5.37. The second kappa shape index (κ2) is 5.19. The molecule has 0 radical (unpaired) electrons. The molecule has 2 heterocycles. The first-order valence-electron chi connectivity index (χ1n) is 7.01. The Morgan fingerprint density at radius 2 is 1.95 bits per heavy atom. The zero-order valence-electron chi connectivity index (χ0n) is 11.4. The summed E-state index contributed by atoms with van der Waals surface area (Å²) in [4.78, 5) is 43.9. The molecule has 8 nitrogen and oxygen atoms in total. The van der Waals surface area contributed by atoms with Crippen LogP contribution in [0.25, 0.3) is 11.2 Å². The van der Waals surface area contributed by atoms with Crippen molar-refractivity contribution in [1.29, 1.82) is 0 Å². The number of aromatic nitrogens is 4. The number of carboxylic acids is 1. The van der Waals surface area contributed by atoms with Crippen LogP contribution in [-0.4, -0.2) is 30.6 Å². The van der Waals surface area contributed by atoms with Crippen LogP contribution in [0.3, 0.4) is 0 Å². The third kappa shape index (κ3) is 2.48. The van der Waals surface area contributed by atoms with Gasteiger partial charge in [0.05, 0.1) is 0 Å². The van der Waals surface area contributed by atoms with Gasteiger partial charge in [-0.1, -0.05) is 19.3 Å². The standard InChI is InChI=1S/C13H16N4O4/c18-9(19)6-8-14-10-11(15-8)17(13(21)16-12(10)20)7-4-2-1-3-5-7/h7H,1-6H2,(H,14,15)(H,18,19)(H,16,20,21). The van der Waals surface area contributed by atoms with E-state index in [0.717, 1.165) is 32.1 Å². The van der Waals surface area contributed by atoms with Gasteiger partial charge in [0.2, 0.25) is 0 Å². The van der Waals surface area contributed by atoms with Crippen molar-refractivity contribution in [2.24, 2.45) is 0 Å². The van der Waals surface area contributed by atoms with E-state index in [-0.39, 0.29) is 29.5 Å². The molecule has 112 valence electrons. The summed E-state index contributed by atoms with van der Waals surface area (Å²) in [6.07, 6.45) is 4.62. The number of fused-ring (bicyclic) bond motifs is 1. The van der Waals surface area contributed by atoms with E-state index in [2.05, 4.69) is 15.0 Å². The summed E-state index contributed by atoms with van der Waals surface area (Å²) in [6.45, 7) is 0. The molecular weight excluding hydrogens is 276 g/mol.